The third-order valence-corrected chi connectivity index (χ3v) is 5.07. The third kappa shape index (κ3) is 7.04. The average Bonchev–Trinajstić information content (AvgIpc) is 3.01. The molecular weight excluding hydrogens is 624 g/mol. The first-order valence-corrected chi connectivity index (χ1v) is 10.7. The summed E-state index contributed by atoms with van der Waals surface area (Å²) in [5, 5.41) is 0. The van der Waals surface area contributed by atoms with E-state index in [4.69, 9.17) is 13.7 Å². The van der Waals surface area contributed by atoms with E-state index < -0.39 is 37.8 Å². The maximum absolute atomic E-state index is 14.5. The number of halogens is 1. The van der Waals surface area contributed by atoms with E-state index in [1.54, 1.807) is 36.4 Å². The summed E-state index contributed by atoms with van der Waals surface area (Å²) < 4.78 is 89.9. The number of benzene rings is 3. The molecule has 2 nitrogen and oxygen atoms in total. The zero-order chi connectivity index (χ0) is 33.0. The van der Waals surface area contributed by atoms with E-state index in [0.717, 1.165) is 29.0 Å². The number of hydrogen-bond acceptors (Lipinski definition) is 2. The summed E-state index contributed by atoms with van der Waals surface area (Å²) >= 11 is 0. The van der Waals surface area contributed by atoms with Crippen molar-refractivity contribution in [3.05, 3.63) is 132 Å². The smallest absolute Gasteiger partial charge is 0.126 e. The van der Waals surface area contributed by atoms with Crippen molar-refractivity contribution in [3.63, 3.8) is 0 Å². The predicted octanol–water partition coefficient (Wildman–Crippen LogP) is 8.33. The quantitative estimate of drug-likeness (QED) is 0.181. The van der Waals surface area contributed by atoms with E-state index >= 15 is 0 Å². The molecule has 4 heteroatoms. The minimum atomic E-state index is -3.26. The third-order valence-electron chi connectivity index (χ3n) is 5.07. The number of nitrogens with zero attached hydrogens (tertiary/aromatic N) is 2. The van der Waals surface area contributed by atoms with Crippen molar-refractivity contribution in [2.45, 2.75) is 26.4 Å². The molecule has 0 bridgehead atoms. The fraction of sp³-hybridized carbons (Fsp3) is 0.125. The Balaban J connectivity index is 0.000000287. The Morgan fingerprint density at radius 3 is 1.92 bits per heavy atom. The molecule has 0 spiro atoms. The summed E-state index contributed by atoms with van der Waals surface area (Å²) in [6.07, 6.45) is 2.91. The molecule has 183 valence electrons. The van der Waals surface area contributed by atoms with Crippen molar-refractivity contribution in [1.82, 2.24) is 9.97 Å². The van der Waals surface area contributed by atoms with Gasteiger partial charge in [0.25, 0.3) is 0 Å². The Hall–Kier alpha value is -3.46. The number of pyridine rings is 2. The van der Waals surface area contributed by atoms with E-state index in [1.165, 1.54) is 18.5 Å². The number of hydrogen-bond donors (Lipinski definition) is 0. The molecule has 5 aromatic rings. The molecule has 0 saturated heterocycles. The number of rotatable bonds is 4. The van der Waals surface area contributed by atoms with Gasteiger partial charge >= 0.3 is 0 Å². The molecule has 36 heavy (non-hydrogen) atoms. The monoisotopic (exact) mass is 661 g/mol. The van der Waals surface area contributed by atoms with Crippen LogP contribution in [0.15, 0.2) is 103 Å². The Kier molecular flexibility index (Phi) is 5.90. The van der Waals surface area contributed by atoms with Crippen molar-refractivity contribution < 1.29 is 38.2 Å². The van der Waals surface area contributed by atoms with Crippen LogP contribution in [0.1, 0.15) is 44.4 Å². The Labute approximate surface area is 240 Å². The van der Waals surface area contributed by atoms with Crippen LogP contribution in [0.5, 0.6) is 0 Å². The van der Waals surface area contributed by atoms with Crippen LogP contribution in [-0.4, -0.2) is 9.97 Å². The first-order chi connectivity index (χ1) is 21.0. The fourth-order valence-corrected chi connectivity index (χ4v) is 3.28. The van der Waals surface area contributed by atoms with Gasteiger partial charge in [0.15, 0.2) is 0 Å². The second kappa shape index (κ2) is 13.0. The Morgan fingerprint density at radius 1 is 0.778 bits per heavy atom. The van der Waals surface area contributed by atoms with E-state index in [0.29, 0.717) is 16.8 Å². The van der Waals surface area contributed by atoms with Gasteiger partial charge in [-0.15, -0.1) is 71.8 Å². The zero-order valence-corrected chi connectivity index (χ0v) is 21.3. The van der Waals surface area contributed by atoms with Gasteiger partial charge in [0.1, 0.15) is 5.82 Å². The minimum Gasteiger partial charge on any atom is -0.304 e. The summed E-state index contributed by atoms with van der Waals surface area (Å²) in [5.41, 5.74) is 3.49. The molecule has 0 N–H and O–H groups in total. The largest absolute Gasteiger partial charge is 0.304 e. The molecule has 0 aliphatic heterocycles. The van der Waals surface area contributed by atoms with Gasteiger partial charge in [0, 0.05) is 46.2 Å². The van der Waals surface area contributed by atoms with Crippen LogP contribution in [0.2, 0.25) is 0 Å². The van der Waals surface area contributed by atoms with Crippen LogP contribution < -0.4 is 0 Å². The SMILES string of the molecule is [2H]C([2H])([2H])C([2H])(c1cc(-c2ccc(-c3[c-]cccc3)nc2)ccc1F)C([2H])([2H])[2H].[2H]C([2H])([2H])c1ccc(-c2[c-]cccc2)nc1.[Ir]. The Bertz CT molecular complexity index is 1690. The van der Waals surface area contributed by atoms with Crippen molar-refractivity contribution in [2.24, 2.45) is 0 Å². The normalized spacial score (nSPS) is 15.7. The molecule has 0 aliphatic carbocycles. The molecule has 2 aromatic heterocycles. The second-order valence-electron chi connectivity index (χ2n) is 7.49. The van der Waals surface area contributed by atoms with Crippen molar-refractivity contribution >= 4 is 0 Å². The summed E-state index contributed by atoms with van der Waals surface area (Å²) in [6, 6.07) is 31.0. The molecule has 5 rings (SSSR count). The zero-order valence-electron chi connectivity index (χ0n) is 28.9. The van der Waals surface area contributed by atoms with Crippen molar-refractivity contribution in [3.8, 4) is 33.6 Å². The van der Waals surface area contributed by atoms with Crippen LogP contribution in [0, 0.1) is 24.8 Å². The molecule has 0 aliphatic rings. The molecule has 1 radical (unpaired) electrons. The predicted molar refractivity (Wildman–Crippen MR) is 141 cm³/mol. The van der Waals surface area contributed by atoms with Crippen LogP contribution in [0.4, 0.5) is 4.39 Å². The van der Waals surface area contributed by atoms with Crippen LogP contribution in [-0.2, 0) is 20.1 Å². The molecule has 0 unspecified atom stereocenters. The molecule has 3 aromatic carbocycles. The minimum absolute atomic E-state index is 0. The van der Waals surface area contributed by atoms with Crippen LogP contribution in [0.3, 0.4) is 0 Å². The van der Waals surface area contributed by atoms with Gasteiger partial charge < -0.3 is 9.97 Å². The second-order valence-corrected chi connectivity index (χ2v) is 7.49. The fourth-order valence-electron chi connectivity index (χ4n) is 3.28. The molecule has 0 atom stereocenters. The van der Waals surface area contributed by atoms with Crippen molar-refractivity contribution in [2.75, 3.05) is 0 Å². The maximum atomic E-state index is 14.5. The average molecular weight is 661 g/mol. The molecule has 0 fully saturated rings. The van der Waals surface area contributed by atoms with Gasteiger partial charge in [0.2, 0.25) is 0 Å². The summed E-state index contributed by atoms with van der Waals surface area (Å²) in [5.74, 6) is -4.16. The standard InChI is InChI=1S/C20H17FN.C12H10N.Ir/c1-14(2)18-12-16(8-10-19(18)21)17-9-11-20(22-13-17)15-6-4-3-5-7-15;1-10-7-8-12(13-9-10)11-5-3-2-4-6-11;/h3-6,8-14H,1-2H3;2-5,7-9H,1H3;/q2*-1;/i1D3,2D3,14D;1D3;. The van der Waals surface area contributed by atoms with Crippen LogP contribution >= 0.6 is 0 Å². The molecule has 2 heterocycles. The first kappa shape index (κ1) is 16.3. The van der Waals surface area contributed by atoms with E-state index in [-0.39, 0.29) is 25.7 Å². The van der Waals surface area contributed by atoms with Gasteiger partial charge in [-0.2, -0.15) is 0 Å². The van der Waals surface area contributed by atoms with Crippen LogP contribution in [0.25, 0.3) is 33.6 Å². The molecular formula is C32H27FIrN2-2. The van der Waals surface area contributed by atoms with Gasteiger partial charge in [-0.3, -0.25) is 0 Å². The number of aryl methyl sites for hydroxylation is 1. The topological polar surface area (TPSA) is 25.8 Å². The van der Waals surface area contributed by atoms with Gasteiger partial charge in [-0.25, -0.2) is 4.39 Å². The molecule has 0 amide bonds. The van der Waals surface area contributed by atoms with Gasteiger partial charge in [0.05, 0.1) is 0 Å². The van der Waals surface area contributed by atoms with E-state index in [1.807, 2.05) is 36.4 Å². The van der Waals surface area contributed by atoms with E-state index in [2.05, 4.69) is 22.1 Å². The maximum Gasteiger partial charge on any atom is 0.126 e. The summed E-state index contributed by atoms with van der Waals surface area (Å²) in [7, 11) is 0. The Morgan fingerprint density at radius 2 is 1.42 bits per heavy atom. The summed E-state index contributed by atoms with van der Waals surface area (Å²) in [6.45, 7) is -8.61. The number of aromatic nitrogens is 2. The molecule has 0 saturated carbocycles. The van der Waals surface area contributed by atoms with Gasteiger partial charge in [-0.1, -0.05) is 44.0 Å². The van der Waals surface area contributed by atoms with Crippen molar-refractivity contribution in [1.29, 1.82) is 0 Å². The summed E-state index contributed by atoms with van der Waals surface area (Å²) in [4.78, 5) is 8.47. The van der Waals surface area contributed by atoms with E-state index in [9.17, 15) is 4.39 Å². The first-order valence-electron chi connectivity index (χ1n) is 15.7. The van der Waals surface area contributed by atoms with Gasteiger partial charge in [-0.05, 0) is 58.5 Å².